The highest BCUT2D eigenvalue weighted by Gasteiger charge is 2.22. The number of rotatable bonds is 8. The Morgan fingerprint density at radius 1 is 0.828 bits per heavy atom. The zero-order valence-electron chi connectivity index (χ0n) is 18.0. The Labute approximate surface area is 171 Å². The molecule has 0 N–H and O–H groups in total. The quantitative estimate of drug-likeness (QED) is 0.609. The fourth-order valence-electron chi connectivity index (χ4n) is 2.68. The van der Waals surface area contributed by atoms with Crippen LogP contribution in [-0.2, 0) is 11.3 Å². The molecule has 0 unspecified atom stereocenters. The van der Waals surface area contributed by atoms with Crippen molar-refractivity contribution < 1.29 is 33.2 Å². The van der Waals surface area contributed by atoms with Crippen molar-refractivity contribution in [3.05, 3.63) is 41.5 Å². The first-order valence-corrected chi connectivity index (χ1v) is 9.06. The van der Waals surface area contributed by atoms with Crippen LogP contribution in [0.3, 0.4) is 0 Å². The highest BCUT2D eigenvalue weighted by molar-refractivity contribution is 5.91. The van der Waals surface area contributed by atoms with Crippen LogP contribution >= 0.6 is 0 Å². The molecular formula is C22H28O7. The molecule has 7 heteroatoms. The molecular weight excluding hydrogens is 376 g/mol. The van der Waals surface area contributed by atoms with Crippen LogP contribution in [0.4, 0.5) is 0 Å². The summed E-state index contributed by atoms with van der Waals surface area (Å²) in [7, 11) is 6.14. The maximum Gasteiger partial charge on any atom is 0.338 e. The monoisotopic (exact) mass is 404 g/mol. The second kappa shape index (κ2) is 9.41. The molecule has 2 aromatic carbocycles. The summed E-state index contributed by atoms with van der Waals surface area (Å²) < 4.78 is 33.1. The Morgan fingerprint density at radius 3 is 1.72 bits per heavy atom. The van der Waals surface area contributed by atoms with Crippen molar-refractivity contribution in [2.75, 3.05) is 28.4 Å². The van der Waals surface area contributed by atoms with E-state index in [0.717, 1.165) is 0 Å². The third-order valence-corrected chi connectivity index (χ3v) is 3.99. The van der Waals surface area contributed by atoms with E-state index < -0.39 is 11.6 Å². The van der Waals surface area contributed by atoms with Crippen molar-refractivity contribution in [2.24, 2.45) is 0 Å². The summed E-state index contributed by atoms with van der Waals surface area (Å²) in [6, 6.07) is 8.57. The van der Waals surface area contributed by atoms with Gasteiger partial charge in [0.25, 0.3) is 0 Å². The fourth-order valence-corrected chi connectivity index (χ4v) is 2.68. The number of benzene rings is 2. The lowest BCUT2D eigenvalue weighted by atomic mass is 10.1. The standard InChI is InChI=1S/C22H28O7/c1-22(2,3)29-21(23)14-11-18(26-6)15(19(12-14)27-7)13-28-20-16(24-4)9-8-10-17(20)25-5/h8-12H,13H2,1-7H3. The predicted molar refractivity (Wildman–Crippen MR) is 109 cm³/mol. The molecule has 0 aliphatic carbocycles. The van der Waals surface area contributed by atoms with E-state index in [2.05, 4.69) is 0 Å². The Kier molecular flexibility index (Phi) is 7.20. The molecule has 0 bridgehead atoms. The predicted octanol–water partition coefficient (Wildman–Crippen LogP) is 4.26. The molecule has 29 heavy (non-hydrogen) atoms. The van der Waals surface area contributed by atoms with Crippen LogP contribution in [0.2, 0.25) is 0 Å². The summed E-state index contributed by atoms with van der Waals surface area (Å²) in [5, 5.41) is 0. The van der Waals surface area contributed by atoms with E-state index in [4.69, 9.17) is 28.4 Å². The number of ether oxygens (including phenoxy) is 6. The minimum absolute atomic E-state index is 0.109. The van der Waals surface area contributed by atoms with Gasteiger partial charge in [0.2, 0.25) is 5.75 Å². The van der Waals surface area contributed by atoms with Crippen molar-refractivity contribution in [3.63, 3.8) is 0 Å². The first kappa shape index (κ1) is 22.2. The zero-order valence-corrected chi connectivity index (χ0v) is 18.0. The van der Waals surface area contributed by atoms with E-state index in [0.29, 0.717) is 39.9 Å². The number of methoxy groups -OCH3 is 4. The van der Waals surface area contributed by atoms with Gasteiger partial charge >= 0.3 is 5.97 Å². The number of hydrogen-bond donors (Lipinski definition) is 0. The first-order chi connectivity index (χ1) is 13.7. The number of esters is 1. The third-order valence-electron chi connectivity index (χ3n) is 3.99. The van der Waals surface area contributed by atoms with Crippen molar-refractivity contribution in [2.45, 2.75) is 33.0 Å². The topological polar surface area (TPSA) is 72.5 Å². The van der Waals surface area contributed by atoms with Crippen molar-refractivity contribution in [1.82, 2.24) is 0 Å². The lowest BCUT2D eigenvalue weighted by molar-refractivity contribution is 0.00687. The maximum atomic E-state index is 12.5. The lowest BCUT2D eigenvalue weighted by Gasteiger charge is -2.21. The van der Waals surface area contributed by atoms with Gasteiger partial charge in [0.1, 0.15) is 23.7 Å². The van der Waals surface area contributed by atoms with E-state index in [1.165, 1.54) is 14.2 Å². The van der Waals surface area contributed by atoms with Crippen LogP contribution in [0.15, 0.2) is 30.3 Å². The highest BCUT2D eigenvalue weighted by atomic mass is 16.6. The van der Waals surface area contributed by atoms with Crippen molar-refractivity contribution >= 4 is 5.97 Å². The second-order valence-corrected chi connectivity index (χ2v) is 7.14. The second-order valence-electron chi connectivity index (χ2n) is 7.14. The van der Waals surface area contributed by atoms with Gasteiger partial charge in [-0.3, -0.25) is 0 Å². The molecule has 0 amide bonds. The van der Waals surface area contributed by atoms with Gasteiger partial charge in [-0.15, -0.1) is 0 Å². The minimum Gasteiger partial charge on any atom is -0.496 e. The molecule has 0 aliphatic heterocycles. The molecule has 2 rings (SSSR count). The number of hydrogen-bond acceptors (Lipinski definition) is 7. The Bertz CT molecular complexity index is 805. The van der Waals surface area contributed by atoms with Crippen molar-refractivity contribution in [3.8, 4) is 28.7 Å². The molecule has 0 heterocycles. The Hall–Kier alpha value is -3.09. The van der Waals surface area contributed by atoms with Gasteiger partial charge in [-0.1, -0.05) is 6.07 Å². The van der Waals surface area contributed by atoms with Crippen LogP contribution in [0.1, 0.15) is 36.7 Å². The molecule has 0 saturated carbocycles. The first-order valence-electron chi connectivity index (χ1n) is 9.06. The van der Waals surface area contributed by atoms with E-state index in [1.807, 2.05) is 20.8 Å². The van der Waals surface area contributed by atoms with Crippen molar-refractivity contribution in [1.29, 1.82) is 0 Å². The van der Waals surface area contributed by atoms with Gasteiger partial charge in [-0.05, 0) is 45.0 Å². The number of para-hydroxylation sites is 1. The van der Waals surface area contributed by atoms with E-state index >= 15 is 0 Å². The highest BCUT2D eigenvalue weighted by Crippen LogP contribution is 2.39. The number of carbonyl (C=O) groups excluding carboxylic acids is 1. The summed E-state index contributed by atoms with van der Waals surface area (Å²) in [5.41, 5.74) is 0.349. The summed E-state index contributed by atoms with van der Waals surface area (Å²) in [6.07, 6.45) is 0. The van der Waals surface area contributed by atoms with Crippen LogP contribution in [0.5, 0.6) is 28.7 Å². The SMILES string of the molecule is COc1cc(C(=O)OC(C)(C)C)cc(OC)c1COc1c(OC)cccc1OC. The van der Waals surface area contributed by atoms with E-state index in [1.54, 1.807) is 44.6 Å². The summed E-state index contributed by atoms with van der Waals surface area (Å²) in [4.78, 5) is 12.5. The van der Waals surface area contributed by atoms with Crippen LogP contribution in [0.25, 0.3) is 0 Å². The van der Waals surface area contributed by atoms with Gasteiger partial charge in [-0.2, -0.15) is 0 Å². The van der Waals surface area contributed by atoms with E-state index in [9.17, 15) is 4.79 Å². The third kappa shape index (κ3) is 5.47. The molecule has 158 valence electrons. The molecule has 0 fully saturated rings. The molecule has 0 spiro atoms. The Morgan fingerprint density at radius 2 is 1.31 bits per heavy atom. The zero-order chi connectivity index (χ0) is 21.6. The molecule has 2 aromatic rings. The molecule has 0 aromatic heterocycles. The average Bonchev–Trinajstić information content (AvgIpc) is 2.69. The molecule has 7 nitrogen and oxygen atoms in total. The molecule has 0 atom stereocenters. The largest absolute Gasteiger partial charge is 0.496 e. The maximum absolute atomic E-state index is 12.5. The van der Waals surface area contributed by atoms with E-state index in [-0.39, 0.29) is 6.61 Å². The summed E-state index contributed by atoms with van der Waals surface area (Å²) in [6.45, 7) is 5.53. The van der Waals surface area contributed by atoms with Gasteiger partial charge in [0.15, 0.2) is 11.5 Å². The fraction of sp³-hybridized carbons (Fsp3) is 0.409. The minimum atomic E-state index is -0.611. The summed E-state index contributed by atoms with van der Waals surface area (Å²) >= 11 is 0. The molecule has 0 aliphatic rings. The average molecular weight is 404 g/mol. The van der Waals surface area contributed by atoms with Crippen LogP contribution < -0.4 is 23.7 Å². The van der Waals surface area contributed by atoms with Gasteiger partial charge in [0, 0.05) is 0 Å². The lowest BCUT2D eigenvalue weighted by Crippen LogP contribution is -2.24. The Balaban J connectivity index is 2.38. The smallest absolute Gasteiger partial charge is 0.338 e. The van der Waals surface area contributed by atoms with Gasteiger partial charge < -0.3 is 28.4 Å². The van der Waals surface area contributed by atoms with Crippen LogP contribution in [0, 0.1) is 0 Å². The molecule has 0 radical (unpaired) electrons. The summed E-state index contributed by atoms with van der Waals surface area (Å²) in [5.74, 6) is 1.95. The molecule has 0 saturated heterocycles. The van der Waals surface area contributed by atoms with Gasteiger partial charge in [-0.25, -0.2) is 4.79 Å². The number of carbonyl (C=O) groups is 1. The van der Waals surface area contributed by atoms with Crippen LogP contribution in [-0.4, -0.2) is 40.0 Å². The van der Waals surface area contributed by atoms with Gasteiger partial charge in [0.05, 0.1) is 39.6 Å². The normalized spacial score (nSPS) is 10.9.